The van der Waals surface area contributed by atoms with Crippen LogP contribution in [-0.2, 0) is 0 Å². The van der Waals surface area contributed by atoms with Gasteiger partial charge in [0.05, 0.1) is 47.4 Å². The monoisotopic (exact) mass is 695 g/mol. The van der Waals surface area contributed by atoms with Crippen LogP contribution in [0.25, 0.3) is 96.2 Å². The van der Waals surface area contributed by atoms with Gasteiger partial charge in [-0.2, -0.15) is 0 Å². The molecule has 0 aliphatic heterocycles. The molecule has 10 aromatic rings. The van der Waals surface area contributed by atoms with Gasteiger partial charge in [-0.25, -0.2) is 9.97 Å². The molecule has 0 spiro atoms. The molecule has 0 aliphatic rings. The summed E-state index contributed by atoms with van der Waals surface area (Å²) in [5.41, 5.74) is -2.58. The predicted molar refractivity (Wildman–Crippen MR) is 215 cm³/mol. The molecule has 2 nitrogen and oxygen atoms in total. The minimum atomic E-state index is -0.842. The van der Waals surface area contributed by atoms with Gasteiger partial charge < -0.3 is 0 Å². The van der Waals surface area contributed by atoms with Crippen molar-refractivity contribution in [2.24, 2.45) is 0 Å². The second-order valence-electron chi connectivity index (χ2n) is 10.8. The number of hydrogen-bond donors (Lipinski definition) is 0. The van der Waals surface area contributed by atoms with Crippen molar-refractivity contribution in [3.63, 3.8) is 0 Å². The van der Waals surface area contributed by atoms with E-state index in [0.717, 1.165) is 29.0 Å². The summed E-state index contributed by atoms with van der Waals surface area (Å²) in [5.74, 6) is 0. The molecule has 0 bridgehead atoms. The third-order valence-electron chi connectivity index (χ3n) is 7.91. The first-order chi connectivity index (χ1) is 34.3. The van der Waals surface area contributed by atoms with E-state index in [4.69, 9.17) is 28.8 Å². The van der Waals surface area contributed by atoms with Crippen molar-refractivity contribution < 1.29 is 31.5 Å². The van der Waals surface area contributed by atoms with Crippen LogP contribution < -0.4 is 0 Å². The second kappa shape index (κ2) is 11.9. The van der Waals surface area contributed by atoms with Crippen LogP contribution in [0, 0.1) is 0 Å². The first kappa shape index (κ1) is 14.1. The SMILES string of the molecule is [2H]c1cc(-c2c([2H])c([2H])c([2H])c3c2sc2c([2H])c([2H])c([2H])c([2H])c23)c([2H])c(-c2ncnc3c2sc2ccc(-c4c([2H])c([2H])c([2H])c(-c5c([2H])c([2H])c(-c6c([2H])c([2H])c([2H])c([2H])c6[2H])c([2H])c5[2H])c4[2H])cc23)c1[2H]. The van der Waals surface area contributed by atoms with Crippen LogP contribution >= 0.6 is 22.7 Å². The van der Waals surface area contributed by atoms with Gasteiger partial charge in [-0.1, -0.05) is 133 Å². The lowest BCUT2D eigenvalue weighted by atomic mass is 9.96. The highest BCUT2D eigenvalue weighted by atomic mass is 32.1. The van der Waals surface area contributed by atoms with E-state index in [1.54, 1.807) is 6.07 Å². The molecule has 10 rings (SSSR count). The van der Waals surface area contributed by atoms with Crippen LogP contribution in [0.4, 0.5) is 0 Å². The summed E-state index contributed by atoms with van der Waals surface area (Å²) < 4.78 is 202. The Morgan fingerprint density at radius 1 is 0.420 bits per heavy atom. The van der Waals surface area contributed by atoms with Gasteiger partial charge in [0.1, 0.15) is 6.33 Å². The first-order valence-electron chi connectivity index (χ1n) is 26.3. The van der Waals surface area contributed by atoms with Crippen LogP contribution in [0.2, 0.25) is 0 Å². The summed E-state index contributed by atoms with van der Waals surface area (Å²) in [4.78, 5) is 8.98. The highest BCUT2D eigenvalue weighted by Gasteiger charge is 2.16. The molecule has 0 N–H and O–H groups in total. The van der Waals surface area contributed by atoms with Crippen molar-refractivity contribution >= 4 is 63.1 Å². The molecule has 50 heavy (non-hydrogen) atoms. The molecule has 0 fully saturated rings. The van der Waals surface area contributed by atoms with E-state index >= 15 is 0 Å². The molecule has 0 saturated heterocycles. The fourth-order valence-corrected chi connectivity index (χ4v) is 7.83. The lowest BCUT2D eigenvalue weighted by Gasteiger charge is -2.08. The predicted octanol–water partition coefficient (Wildman–Crippen LogP) is 13.5. The van der Waals surface area contributed by atoms with E-state index in [2.05, 4.69) is 9.97 Å². The lowest BCUT2D eigenvalue weighted by molar-refractivity contribution is 1.24. The normalized spacial score (nSPS) is 18.0. The Morgan fingerprint density at radius 2 is 1.08 bits per heavy atom. The maximum absolute atomic E-state index is 9.59. The van der Waals surface area contributed by atoms with Crippen molar-refractivity contribution in [3.8, 4) is 55.8 Å². The van der Waals surface area contributed by atoms with Crippen molar-refractivity contribution in [3.05, 3.63) is 170 Å². The largest absolute Gasteiger partial charge is 0.235 e. The van der Waals surface area contributed by atoms with Gasteiger partial charge in [0.15, 0.2) is 0 Å². The topological polar surface area (TPSA) is 25.8 Å². The van der Waals surface area contributed by atoms with E-state index < -0.39 is 161 Å². The minimum Gasteiger partial charge on any atom is -0.235 e. The van der Waals surface area contributed by atoms with Crippen LogP contribution in [0.3, 0.4) is 0 Å². The maximum Gasteiger partial charge on any atom is 0.116 e. The zero-order chi connectivity index (χ0) is 53.0. The first-order valence-corrected chi connectivity index (χ1v) is 16.5. The summed E-state index contributed by atoms with van der Waals surface area (Å²) in [7, 11) is 0. The Morgan fingerprint density at radius 3 is 1.96 bits per heavy atom. The molecular formula is C46H28N2S2. The van der Waals surface area contributed by atoms with E-state index in [9.17, 15) is 2.74 Å². The molecule has 0 radical (unpaired) electrons. The molecule has 0 unspecified atom stereocenters. The molecule has 234 valence electrons. The minimum absolute atomic E-state index is 0.0204. The zero-order valence-corrected chi connectivity index (χ0v) is 26.7. The molecule has 3 heterocycles. The van der Waals surface area contributed by atoms with Crippen LogP contribution in [0.5, 0.6) is 0 Å². The molecule has 4 heteroatoms. The molecule has 0 aliphatic carbocycles. The van der Waals surface area contributed by atoms with Crippen molar-refractivity contribution in [2.45, 2.75) is 0 Å². The smallest absolute Gasteiger partial charge is 0.116 e. The third kappa shape index (κ3) is 4.92. The Labute approximate surface area is 329 Å². The molecule has 3 aromatic heterocycles. The van der Waals surface area contributed by atoms with Gasteiger partial charge in [0.2, 0.25) is 0 Å². The molecule has 0 saturated carbocycles. The average Bonchev–Trinajstić information content (AvgIpc) is 3.95. The molecule has 0 amide bonds. The molecule has 0 atom stereocenters. The number of thiophene rings is 2. The number of hydrogen-bond acceptors (Lipinski definition) is 4. The Hall–Kier alpha value is -5.94. The van der Waals surface area contributed by atoms with Crippen molar-refractivity contribution in [1.29, 1.82) is 0 Å². The Kier molecular flexibility index (Phi) is 3.36. The quantitative estimate of drug-likeness (QED) is 0.179. The summed E-state index contributed by atoms with van der Waals surface area (Å²) in [6.07, 6.45) is 1.15. The Balaban J connectivity index is 1.16. The highest BCUT2D eigenvalue weighted by Crippen LogP contribution is 2.43. The fourth-order valence-electron chi connectivity index (χ4n) is 5.61. The van der Waals surface area contributed by atoms with E-state index in [-0.39, 0.29) is 59.2 Å². The summed E-state index contributed by atoms with van der Waals surface area (Å²) in [5, 5.41) is 0.330. The van der Waals surface area contributed by atoms with Crippen molar-refractivity contribution in [1.82, 2.24) is 9.97 Å². The fraction of sp³-hybridized carbons (Fsp3) is 0. The molecule has 7 aromatic carbocycles. The maximum atomic E-state index is 9.59. The number of rotatable bonds is 5. The average molecular weight is 696 g/mol. The number of aromatic nitrogens is 2. The lowest BCUT2D eigenvalue weighted by Crippen LogP contribution is -1.87. The van der Waals surface area contributed by atoms with Gasteiger partial charge in [0.25, 0.3) is 0 Å². The number of nitrogens with zero attached hydrogens (tertiary/aromatic N) is 2. The van der Waals surface area contributed by atoms with E-state index in [1.807, 2.05) is 0 Å². The van der Waals surface area contributed by atoms with Gasteiger partial charge in [-0.05, 0) is 74.8 Å². The van der Waals surface area contributed by atoms with Gasteiger partial charge in [-0.3, -0.25) is 0 Å². The standard InChI is InChI=1S/C46H28N2S2/c1-2-9-29(10-3-1)30-19-21-31(22-20-30)32-11-6-12-33(25-32)34-23-24-42-40(27-34)44-46(50-42)43(47-28-48-44)36-14-7-13-35(26-36)37-16-8-17-39-38-15-4-5-18-41(38)49-45(37)39/h1-28H/i1D,2D,3D,4D,5D,6D,7D,8D,9D,10D,11D,12D,14D,15D,16D,17D,18D,19D,20D,21D,22D,25D,26D. The summed E-state index contributed by atoms with van der Waals surface area (Å²) >= 11 is 1.98. The van der Waals surface area contributed by atoms with Crippen LogP contribution in [0.1, 0.15) is 31.5 Å². The number of fused-ring (bicyclic) bond motifs is 6. The van der Waals surface area contributed by atoms with E-state index in [1.165, 1.54) is 18.2 Å². The zero-order valence-electron chi connectivity index (χ0n) is 48.1. The third-order valence-corrected chi connectivity index (χ3v) is 10.2. The van der Waals surface area contributed by atoms with Crippen LogP contribution in [-0.4, -0.2) is 9.97 Å². The van der Waals surface area contributed by atoms with Gasteiger partial charge in [0, 0.05) is 35.8 Å². The summed E-state index contributed by atoms with van der Waals surface area (Å²) in [6.45, 7) is 0. The summed E-state index contributed by atoms with van der Waals surface area (Å²) in [6, 6.07) is -8.86. The molecular weight excluding hydrogens is 645 g/mol. The van der Waals surface area contributed by atoms with Gasteiger partial charge >= 0.3 is 0 Å². The van der Waals surface area contributed by atoms with E-state index in [0.29, 0.717) is 14.8 Å². The highest BCUT2D eigenvalue weighted by molar-refractivity contribution is 7.26. The van der Waals surface area contributed by atoms with Crippen LogP contribution in [0.15, 0.2) is 170 Å². The Bertz CT molecular complexity index is 4150. The van der Waals surface area contributed by atoms with Crippen molar-refractivity contribution in [2.75, 3.05) is 0 Å². The second-order valence-corrected chi connectivity index (χ2v) is 12.9. The number of benzene rings is 7. The van der Waals surface area contributed by atoms with Gasteiger partial charge in [-0.15, -0.1) is 22.7 Å².